The van der Waals surface area contributed by atoms with Crippen molar-refractivity contribution in [3.05, 3.63) is 86.7 Å². The molecule has 0 spiro atoms. The van der Waals surface area contributed by atoms with Crippen molar-refractivity contribution in [3.8, 4) is 17.1 Å². The molecule has 6 nitrogen and oxygen atoms in total. The minimum absolute atomic E-state index is 0.186. The zero-order valence-corrected chi connectivity index (χ0v) is 23.9. The maximum atomic E-state index is 13.8. The van der Waals surface area contributed by atoms with E-state index in [2.05, 4.69) is 50.8 Å². The van der Waals surface area contributed by atoms with Gasteiger partial charge in [0.25, 0.3) is 5.56 Å². The van der Waals surface area contributed by atoms with Crippen LogP contribution in [0, 0.1) is 20.8 Å². The molecule has 1 fully saturated rings. The van der Waals surface area contributed by atoms with E-state index in [0.29, 0.717) is 23.3 Å². The minimum Gasteiger partial charge on any atom is -0.494 e. The van der Waals surface area contributed by atoms with E-state index in [1.165, 1.54) is 28.8 Å². The summed E-state index contributed by atoms with van der Waals surface area (Å²) >= 11 is 0. The molecule has 3 aromatic carbocycles. The van der Waals surface area contributed by atoms with Crippen LogP contribution in [0.5, 0.6) is 5.75 Å². The largest absolute Gasteiger partial charge is 0.494 e. The van der Waals surface area contributed by atoms with E-state index in [9.17, 15) is 4.79 Å². The molecular formula is C33H38N4O2. The SMILES string of the molecule is CCOc1cc(C)c(-c2nc3ccccc3c(=O)n2N=Cc2cc(C)c(N3CCCC3)cc2C)cc1C(C)C. The van der Waals surface area contributed by atoms with E-state index in [1.54, 1.807) is 6.21 Å². The minimum atomic E-state index is -0.186. The smallest absolute Gasteiger partial charge is 0.282 e. The van der Waals surface area contributed by atoms with Gasteiger partial charge in [-0.25, -0.2) is 4.98 Å². The number of benzene rings is 3. The van der Waals surface area contributed by atoms with Gasteiger partial charge in [-0.1, -0.05) is 26.0 Å². The number of aryl methyl sites for hydroxylation is 3. The summed E-state index contributed by atoms with van der Waals surface area (Å²) in [4.78, 5) is 21.2. The van der Waals surface area contributed by atoms with E-state index in [-0.39, 0.29) is 11.5 Å². The van der Waals surface area contributed by atoms with Gasteiger partial charge in [-0.05, 0) is 111 Å². The number of anilines is 1. The van der Waals surface area contributed by atoms with Crippen molar-refractivity contribution in [1.82, 2.24) is 9.66 Å². The number of ether oxygens (including phenoxy) is 1. The summed E-state index contributed by atoms with van der Waals surface area (Å²) in [6.45, 7) is 15.4. The van der Waals surface area contributed by atoms with Crippen LogP contribution in [-0.2, 0) is 0 Å². The topological polar surface area (TPSA) is 59.7 Å². The first-order chi connectivity index (χ1) is 18.8. The molecule has 1 aliphatic heterocycles. The Balaban J connectivity index is 1.67. The van der Waals surface area contributed by atoms with Gasteiger partial charge in [-0.15, -0.1) is 0 Å². The molecule has 1 aliphatic rings. The Hall–Kier alpha value is -3.93. The van der Waals surface area contributed by atoms with Crippen LogP contribution in [-0.4, -0.2) is 35.6 Å². The van der Waals surface area contributed by atoms with Gasteiger partial charge >= 0.3 is 0 Å². The average molecular weight is 523 g/mol. The van der Waals surface area contributed by atoms with Crippen molar-refractivity contribution in [2.45, 2.75) is 60.3 Å². The highest BCUT2D eigenvalue weighted by Crippen LogP contribution is 2.34. The highest BCUT2D eigenvalue weighted by Gasteiger charge is 2.19. The lowest BCUT2D eigenvalue weighted by Gasteiger charge is -2.21. The molecule has 0 atom stereocenters. The van der Waals surface area contributed by atoms with Crippen molar-refractivity contribution in [2.75, 3.05) is 24.6 Å². The molecule has 0 radical (unpaired) electrons. The van der Waals surface area contributed by atoms with E-state index in [0.717, 1.165) is 46.7 Å². The van der Waals surface area contributed by atoms with Gasteiger partial charge in [0, 0.05) is 24.3 Å². The van der Waals surface area contributed by atoms with Gasteiger partial charge < -0.3 is 9.64 Å². The molecule has 0 N–H and O–H groups in total. The van der Waals surface area contributed by atoms with Crippen LogP contribution in [0.25, 0.3) is 22.3 Å². The molecule has 0 bridgehead atoms. The number of nitrogens with zero attached hydrogens (tertiary/aromatic N) is 4. The fourth-order valence-corrected chi connectivity index (χ4v) is 5.46. The molecular weight excluding hydrogens is 484 g/mol. The molecule has 39 heavy (non-hydrogen) atoms. The zero-order chi connectivity index (χ0) is 27.7. The number of hydrogen-bond donors (Lipinski definition) is 0. The zero-order valence-electron chi connectivity index (χ0n) is 23.9. The first-order valence-electron chi connectivity index (χ1n) is 14.0. The number of fused-ring (bicyclic) bond motifs is 1. The second-order valence-electron chi connectivity index (χ2n) is 10.8. The predicted octanol–water partition coefficient (Wildman–Crippen LogP) is 6.99. The first kappa shape index (κ1) is 26.7. The van der Waals surface area contributed by atoms with Gasteiger partial charge in [0.1, 0.15) is 5.75 Å². The van der Waals surface area contributed by atoms with Crippen LogP contribution in [0.1, 0.15) is 67.3 Å². The van der Waals surface area contributed by atoms with Crippen LogP contribution in [0.3, 0.4) is 0 Å². The molecule has 0 aliphatic carbocycles. The molecule has 0 saturated carbocycles. The lowest BCUT2D eigenvalue weighted by atomic mass is 9.96. The summed E-state index contributed by atoms with van der Waals surface area (Å²) in [5.74, 6) is 1.64. The van der Waals surface area contributed by atoms with Crippen molar-refractivity contribution < 1.29 is 4.74 Å². The third-order valence-electron chi connectivity index (χ3n) is 7.62. The Kier molecular flexibility index (Phi) is 7.56. The summed E-state index contributed by atoms with van der Waals surface area (Å²) < 4.78 is 7.41. The lowest BCUT2D eigenvalue weighted by Crippen LogP contribution is -2.21. The maximum Gasteiger partial charge on any atom is 0.282 e. The summed E-state index contributed by atoms with van der Waals surface area (Å²) in [6, 6.07) is 16.0. The standard InChI is InChI=1S/C33H38N4O2/c1-7-39-31-18-23(5)28(19-27(31)21(2)3)32-35-29-13-9-8-12-26(29)33(38)37(32)34-20-25-16-24(6)30(17-22(25)4)36-14-10-11-15-36/h8-9,12-13,16-21H,7,10-11,14-15H2,1-6H3. The molecule has 4 aromatic rings. The van der Waals surface area contributed by atoms with Crippen molar-refractivity contribution in [2.24, 2.45) is 5.10 Å². The summed E-state index contributed by atoms with van der Waals surface area (Å²) in [7, 11) is 0. The maximum absolute atomic E-state index is 13.8. The fourth-order valence-electron chi connectivity index (χ4n) is 5.46. The summed E-state index contributed by atoms with van der Waals surface area (Å²) in [5, 5.41) is 5.32. The Morgan fingerprint density at radius 2 is 1.74 bits per heavy atom. The highest BCUT2D eigenvalue weighted by atomic mass is 16.5. The van der Waals surface area contributed by atoms with Gasteiger partial charge in [0.2, 0.25) is 0 Å². The fraction of sp³-hybridized carbons (Fsp3) is 0.364. The number of para-hydroxylation sites is 1. The van der Waals surface area contributed by atoms with Crippen molar-refractivity contribution in [1.29, 1.82) is 0 Å². The van der Waals surface area contributed by atoms with E-state index < -0.39 is 0 Å². The molecule has 2 heterocycles. The monoisotopic (exact) mass is 522 g/mol. The van der Waals surface area contributed by atoms with Crippen molar-refractivity contribution >= 4 is 22.8 Å². The molecule has 1 aromatic heterocycles. The van der Waals surface area contributed by atoms with Gasteiger partial charge in [0.15, 0.2) is 5.82 Å². The van der Waals surface area contributed by atoms with Gasteiger partial charge in [-0.3, -0.25) is 4.79 Å². The van der Waals surface area contributed by atoms with Crippen LogP contribution >= 0.6 is 0 Å². The highest BCUT2D eigenvalue weighted by molar-refractivity contribution is 5.85. The average Bonchev–Trinajstić information content (AvgIpc) is 3.45. The normalized spacial score (nSPS) is 13.8. The second-order valence-corrected chi connectivity index (χ2v) is 10.8. The Labute approximate surface area is 231 Å². The number of rotatable bonds is 7. The van der Waals surface area contributed by atoms with E-state index in [4.69, 9.17) is 14.8 Å². The molecule has 202 valence electrons. The predicted molar refractivity (Wildman–Crippen MR) is 162 cm³/mol. The van der Waals surface area contributed by atoms with Gasteiger partial charge in [-0.2, -0.15) is 9.78 Å². The lowest BCUT2D eigenvalue weighted by molar-refractivity contribution is 0.335. The number of aromatic nitrogens is 2. The molecule has 1 saturated heterocycles. The number of hydrogen-bond acceptors (Lipinski definition) is 5. The van der Waals surface area contributed by atoms with Crippen LogP contribution in [0.4, 0.5) is 5.69 Å². The Bertz CT molecular complexity index is 1610. The van der Waals surface area contributed by atoms with Crippen molar-refractivity contribution in [3.63, 3.8) is 0 Å². The summed E-state index contributed by atoms with van der Waals surface area (Å²) in [5.41, 5.74) is 8.05. The van der Waals surface area contributed by atoms with E-state index >= 15 is 0 Å². The van der Waals surface area contributed by atoms with Gasteiger partial charge in [0.05, 0.1) is 23.7 Å². The molecule has 0 unspecified atom stereocenters. The quantitative estimate of drug-likeness (QED) is 0.245. The van der Waals surface area contributed by atoms with E-state index in [1.807, 2.05) is 44.2 Å². The van der Waals surface area contributed by atoms with Crippen LogP contribution in [0.2, 0.25) is 0 Å². The van der Waals surface area contributed by atoms with Crippen LogP contribution < -0.4 is 15.2 Å². The molecule has 0 amide bonds. The Morgan fingerprint density at radius 3 is 2.46 bits per heavy atom. The second kappa shape index (κ2) is 11.0. The van der Waals surface area contributed by atoms with Crippen LogP contribution in [0.15, 0.2) is 58.4 Å². The third kappa shape index (κ3) is 5.20. The molecule has 5 rings (SSSR count). The Morgan fingerprint density at radius 1 is 1.00 bits per heavy atom. The summed E-state index contributed by atoms with van der Waals surface area (Å²) in [6.07, 6.45) is 4.28. The molecule has 6 heteroatoms. The third-order valence-corrected chi connectivity index (χ3v) is 7.62. The first-order valence-corrected chi connectivity index (χ1v) is 14.0.